The van der Waals surface area contributed by atoms with Crippen LogP contribution in [0.2, 0.25) is 0 Å². The Bertz CT molecular complexity index is 239. The monoisotopic (exact) mass is 238 g/mol. The van der Waals surface area contributed by atoms with Crippen molar-refractivity contribution >= 4 is 0 Å². The van der Waals surface area contributed by atoms with Gasteiger partial charge in [-0.1, -0.05) is 0 Å². The third-order valence-corrected chi connectivity index (χ3v) is 5.00. The summed E-state index contributed by atoms with van der Waals surface area (Å²) < 4.78 is 5.79. The molecule has 3 nitrogen and oxygen atoms in total. The van der Waals surface area contributed by atoms with Gasteiger partial charge in [-0.15, -0.1) is 0 Å². The molecule has 2 bridgehead atoms. The molecule has 3 rings (SSSR count). The molecule has 0 aliphatic carbocycles. The summed E-state index contributed by atoms with van der Waals surface area (Å²) in [6.07, 6.45) is 9.92. The second-order valence-electron chi connectivity index (χ2n) is 6.13. The van der Waals surface area contributed by atoms with Gasteiger partial charge >= 0.3 is 0 Å². The van der Waals surface area contributed by atoms with Crippen LogP contribution < -0.4 is 5.73 Å². The maximum Gasteiger partial charge on any atom is 0.0703 e. The molecule has 0 saturated carbocycles. The second kappa shape index (κ2) is 5.25. The molecular weight excluding hydrogens is 212 g/mol. The molecule has 17 heavy (non-hydrogen) atoms. The van der Waals surface area contributed by atoms with Gasteiger partial charge in [0.1, 0.15) is 0 Å². The second-order valence-corrected chi connectivity index (χ2v) is 6.13. The van der Waals surface area contributed by atoms with E-state index in [4.69, 9.17) is 10.5 Å². The van der Waals surface area contributed by atoms with Crippen LogP contribution in [0.4, 0.5) is 0 Å². The van der Waals surface area contributed by atoms with Crippen molar-refractivity contribution in [2.45, 2.75) is 63.1 Å². The molecule has 2 N–H and O–H groups in total. The van der Waals surface area contributed by atoms with Crippen molar-refractivity contribution in [2.75, 3.05) is 19.7 Å². The van der Waals surface area contributed by atoms with Gasteiger partial charge in [-0.25, -0.2) is 0 Å². The number of hydrogen-bond donors (Lipinski definition) is 1. The van der Waals surface area contributed by atoms with Gasteiger partial charge in [-0.3, -0.25) is 4.90 Å². The van der Waals surface area contributed by atoms with Crippen molar-refractivity contribution in [3.63, 3.8) is 0 Å². The van der Waals surface area contributed by atoms with Crippen molar-refractivity contribution in [2.24, 2.45) is 11.7 Å². The number of nitrogens with zero attached hydrogens (tertiary/aromatic N) is 1. The Morgan fingerprint density at radius 3 is 2.47 bits per heavy atom. The first-order valence-electron chi connectivity index (χ1n) is 7.44. The smallest absolute Gasteiger partial charge is 0.0703 e. The van der Waals surface area contributed by atoms with Crippen molar-refractivity contribution in [1.29, 1.82) is 0 Å². The van der Waals surface area contributed by atoms with E-state index >= 15 is 0 Å². The summed E-state index contributed by atoms with van der Waals surface area (Å²) >= 11 is 0. The number of ether oxygens (including phenoxy) is 1. The van der Waals surface area contributed by atoms with Gasteiger partial charge in [-0.05, 0) is 57.4 Å². The average Bonchev–Trinajstić information content (AvgIpc) is 2.89. The molecule has 0 aromatic heterocycles. The van der Waals surface area contributed by atoms with Crippen LogP contribution >= 0.6 is 0 Å². The van der Waals surface area contributed by atoms with Crippen LogP contribution in [-0.2, 0) is 4.74 Å². The highest BCUT2D eigenvalue weighted by Crippen LogP contribution is 2.40. The maximum absolute atomic E-state index is 5.79. The Kier molecular flexibility index (Phi) is 3.69. The number of fused-ring (bicyclic) bond motifs is 2. The van der Waals surface area contributed by atoms with Crippen LogP contribution in [0.3, 0.4) is 0 Å². The number of piperidine rings is 1. The summed E-state index contributed by atoms with van der Waals surface area (Å²) in [7, 11) is 0. The van der Waals surface area contributed by atoms with Gasteiger partial charge in [0.2, 0.25) is 0 Å². The normalized spacial score (nSPS) is 42.2. The van der Waals surface area contributed by atoms with Crippen LogP contribution in [0.1, 0.15) is 44.9 Å². The van der Waals surface area contributed by atoms with Crippen molar-refractivity contribution in [1.82, 2.24) is 4.90 Å². The van der Waals surface area contributed by atoms with E-state index in [1.807, 2.05) is 0 Å². The Morgan fingerprint density at radius 2 is 1.88 bits per heavy atom. The third kappa shape index (κ3) is 2.51. The molecule has 3 heteroatoms. The Hall–Kier alpha value is -0.120. The molecule has 3 saturated heterocycles. The lowest BCUT2D eigenvalue weighted by Crippen LogP contribution is -2.46. The van der Waals surface area contributed by atoms with Crippen LogP contribution in [0.25, 0.3) is 0 Å². The van der Waals surface area contributed by atoms with E-state index < -0.39 is 0 Å². The predicted octanol–water partition coefficient (Wildman–Crippen LogP) is 1.76. The lowest BCUT2D eigenvalue weighted by Gasteiger charge is -2.40. The molecule has 0 amide bonds. The van der Waals surface area contributed by atoms with Crippen molar-refractivity contribution in [3.8, 4) is 0 Å². The molecule has 3 aliphatic heterocycles. The topological polar surface area (TPSA) is 38.5 Å². The molecular formula is C14H26N2O. The fraction of sp³-hybridized carbons (Fsp3) is 1.00. The predicted molar refractivity (Wildman–Crippen MR) is 68.9 cm³/mol. The molecule has 0 spiro atoms. The zero-order chi connectivity index (χ0) is 11.7. The molecule has 3 atom stereocenters. The summed E-state index contributed by atoms with van der Waals surface area (Å²) in [5, 5.41) is 0. The standard InChI is InChI=1S/C14H26N2O/c15-6-5-11-8-12-3-4-13(9-11)16(12)10-14-2-1-7-17-14/h11-14H,1-10,15H2. The van der Waals surface area contributed by atoms with E-state index in [0.29, 0.717) is 6.10 Å². The van der Waals surface area contributed by atoms with Gasteiger partial charge in [0.15, 0.2) is 0 Å². The summed E-state index contributed by atoms with van der Waals surface area (Å²) in [5.74, 6) is 0.901. The average molecular weight is 238 g/mol. The van der Waals surface area contributed by atoms with Crippen LogP contribution in [0, 0.1) is 5.92 Å². The fourth-order valence-electron chi connectivity index (χ4n) is 4.18. The Balaban J connectivity index is 1.56. The molecule has 3 heterocycles. The molecule has 0 aromatic carbocycles. The van der Waals surface area contributed by atoms with Gasteiger partial charge < -0.3 is 10.5 Å². The fourth-order valence-corrected chi connectivity index (χ4v) is 4.18. The first-order chi connectivity index (χ1) is 8.36. The number of hydrogen-bond acceptors (Lipinski definition) is 3. The Morgan fingerprint density at radius 1 is 1.12 bits per heavy atom. The lowest BCUT2D eigenvalue weighted by atomic mass is 9.88. The summed E-state index contributed by atoms with van der Waals surface area (Å²) in [6, 6.07) is 1.68. The zero-order valence-electron chi connectivity index (χ0n) is 10.8. The van der Waals surface area contributed by atoms with Crippen LogP contribution in [0.5, 0.6) is 0 Å². The van der Waals surface area contributed by atoms with E-state index in [1.54, 1.807) is 0 Å². The molecule has 98 valence electrons. The minimum absolute atomic E-state index is 0.532. The van der Waals surface area contributed by atoms with Crippen molar-refractivity contribution in [3.05, 3.63) is 0 Å². The quantitative estimate of drug-likeness (QED) is 0.811. The highest BCUT2D eigenvalue weighted by molar-refractivity contribution is 4.96. The highest BCUT2D eigenvalue weighted by Gasteiger charge is 2.41. The van der Waals surface area contributed by atoms with Crippen molar-refractivity contribution < 1.29 is 4.74 Å². The van der Waals surface area contributed by atoms with E-state index in [1.165, 1.54) is 51.5 Å². The molecule has 0 aromatic rings. The van der Waals surface area contributed by atoms with E-state index in [0.717, 1.165) is 31.2 Å². The number of nitrogens with two attached hydrogens (primary N) is 1. The highest BCUT2D eigenvalue weighted by atomic mass is 16.5. The molecule has 3 unspecified atom stereocenters. The Labute approximate surface area is 105 Å². The largest absolute Gasteiger partial charge is 0.377 e. The minimum Gasteiger partial charge on any atom is -0.377 e. The lowest BCUT2D eigenvalue weighted by molar-refractivity contribution is 0.0277. The van der Waals surface area contributed by atoms with Crippen LogP contribution in [0.15, 0.2) is 0 Å². The summed E-state index contributed by atoms with van der Waals surface area (Å²) in [5.41, 5.74) is 5.70. The zero-order valence-corrected chi connectivity index (χ0v) is 10.8. The van der Waals surface area contributed by atoms with E-state index in [2.05, 4.69) is 4.90 Å². The van der Waals surface area contributed by atoms with Gasteiger partial charge in [-0.2, -0.15) is 0 Å². The SMILES string of the molecule is NCCC1CC2CCC(C1)N2CC1CCCO1. The van der Waals surface area contributed by atoms with Gasteiger partial charge in [0.05, 0.1) is 6.10 Å². The molecule has 3 fully saturated rings. The summed E-state index contributed by atoms with van der Waals surface area (Å²) in [4.78, 5) is 2.77. The molecule has 3 aliphatic rings. The maximum atomic E-state index is 5.79. The first-order valence-corrected chi connectivity index (χ1v) is 7.44. The van der Waals surface area contributed by atoms with Gasteiger partial charge in [0, 0.05) is 25.2 Å². The first kappa shape index (κ1) is 11.9. The van der Waals surface area contributed by atoms with E-state index in [9.17, 15) is 0 Å². The summed E-state index contributed by atoms with van der Waals surface area (Å²) in [6.45, 7) is 3.06. The number of rotatable bonds is 4. The third-order valence-electron chi connectivity index (χ3n) is 5.00. The van der Waals surface area contributed by atoms with E-state index in [-0.39, 0.29) is 0 Å². The minimum atomic E-state index is 0.532. The van der Waals surface area contributed by atoms with Gasteiger partial charge in [0.25, 0.3) is 0 Å². The molecule has 0 radical (unpaired) electrons. The van der Waals surface area contributed by atoms with Crippen LogP contribution in [-0.4, -0.2) is 42.8 Å².